The molecule has 0 saturated heterocycles. The highest BCUT2D eigenvalue weighted by Gasteiger charge is 2.37. The van der Waals surface area contributed by atoms with E-state index in [9.17, 15) is 14.7 Å². The van der Waals surface area contributed by atoms with Crippen molar-refractivity contribution in [3.8, 4) is 0 Å². The van der Waals surface area contributed by atoms with Crippen LogP contribution >= 0.6 is 15.9 Å². The van der Waals surface area contributed by atoms with Gasteiger partial charge in [0.2, 0.25) is 0 Å². The van der Waals surface area contributed by atoms with Gasteiger partial charge in [0.1, 0.15) is 6.10 Å². The van der Waals surface area contributed by atoms with Gasteiger partial charge in [-0.05, 0) is 24.6 Å². The zero-order valence-electron chi connectivity index (χ0n) is 8.44. The van der Waals surface area contributed by atoms with Crippen LogP contribution in [0.15, 0.2) is 22.7 Å². The largest absolute Gasteiger partial charge is 0.448 e. The molecule has 0 amide bonds. The number of hydrogen-bond acceptors (Lipinski definition) is 4. The summed E-state index contributed by atoms with van der Waals surface area (Å²) in [6.45, 7) is 1.28. The van der Waals surface area contributed by atoms with E-state index in [4.69, 9.17) is 4.74 Å². The van der Waals surface area contributed by atoms with Gasteiger partial charge in [-0.2, -0.15) is 0 Å². The van der Waals surface area contributed by atoms with Crippen LogP contribution < -0.4 is 0 Å². The van der Waals surface area contributed by atoms with E-state index in [2.05, 4.69) is 15.9 Å². The van der Waals surface area contributed by atoms with Gasteiger partial charge in [0.25, 0.3) is 0 Å². The molecule has 1 N–H and O–H groups in total. The van der Waals surface area contributed by atoms with Crippen molar-refractivity contribution in [2.45, 2.75) is 19.1 Å². The summed E-state index contributed by atoms with van der Waals surface area (Å²) >= 11 is 3.23. The maximum atomic E-state index is 11.6. The van der Waals surface area contributed by atoms with Crippen molar-refractivity contribution >= 4 is 27.7 Å². The Hall–Kier alpha value is -1.20. The molecule has 0 unspecified atom stereocenters. The smallest absolute Gasteiger partial charge is 0.339 e. The molecule has 0 bridgehead atoms. The average Bonchev–Trinajstić information content (AvgIpc) is 2.22. The van der Waals surface area contributed by atoms with E-state index in [0.717, 1.165) is 4.47 Å². The molecule has 1 aliphatic heterocycles. The number of carbonyl (C=O) groups excluding carboxylic acids is 2. The third-order valence-electron chi connectivity index (χ3n) is 2.48. The monoisotopic (exact) mass is 284 g/mol. The van der Waals surface area contributed by atoms with Crippen molar-refractivity contribution in [2.24, 2.45) is 0 Å². The number of hydrogen-bond donors (Lipinski definition) is 1. The van der Waals surface area contributed by atoms with Gasteiger partial charge in [0.15, 0.2) is 11.9 Å². The van der Waals surface area contributed by atoms with Gasteiger partial charge in [-0.3, -0.25) is 4.79 Å². The van der Waals surface area contributed by atoms with Gasteiger partial charge < -0.3 is 9.84 Å². The summed E-state index contributed by atoms with van der Waals surface area (Å²) in [5.74, 6) is -0.948. The number of halogens is 1. The topological polar surface area (TPSA) is 63.6 Å². The highest BCUT2D eigenvalue weighted by molar-refractivity contribution is 9.10. The zero-order valence-corrected chi connectivity index (χ0v) is 10.0. The van der Waals surface area contributed by atoms with Crippen LogP contribution in [0, 0.1) is 0 Å². The number of aliphatic hydroxyl groups is 1. The Labute approximate surface area is 100 Å². The molecule has 2 rings (SSSR count). The van der Waals surface area contributed by atoms with E-state index in [1.165, 1.54) is 6.92 Å². The van der Waals surface area contributed by atoms with Gasteiger partial charge >= 0.3 is 5.97 Å². The Morgan fingerprint density at radius 2 is 2.19 bits per heavy atom. The molecule has 0 aliphatic carbocycles. The molecule has 1 aromatic rings. The first-order valence-electron chi connectivity index (χ1n) is 4.69. The van der Waals surface area contributed by atoms with E-state index in [1.54, 1.807) is 18.2 Å². The SMILES string of the molecule is CC(=O)[C@@H]1OC(=O)c2cc(Br)ccc2[C@H]1O. The summed E-state index contributed by atoms with van der Waals surface area (Å²) < 4.78 is 5.60. The van der Waals surface area contributed by atoms with Crippen LogP contribution in [0.2, 0.25) is 0 Å². The molecule has 1 aromatic carbocycles. The van der Waals surface area contributed by atoms with Gasteiger partial charge in [-0.25, -0.2) is 4.79 Å². The van der Waals surface area contributed by atoms with Crippen LogP contribution in [0.25, 0.3) is 0 Å². The first-order chi connectivity index (χ1) is 7.50. The molecule has 0 fully saturated rings. The van der Waals surface area contributed by atoms with Crippen molar-refractivity contribution in [2.75, 3.05) is 0 Å². The van der Waals surface area contributed by atoms with Crippen molar-refractivity contribution in [1.29, 1.82) is 0 Å². The Balaban J connectivity index is 2.51. The number of fused-ring (bicyclic) bond motifs is 1. The van der Waals surface area contributed by atoms with E-state index in [1.807, 2.05) is 0 Å². The number of rotatable bonds is 1. The van der Waals surface area contributed by atoms with Gasteiger partial charge in [-0.1, -0.05) is 22.0 Å². The van der Waals surface area contributed by atoms with Crippen LogP contribution in [0.5, 0.6) is 0 Å². The van der Waals surface area contributed by atoms with Crippen LogP contribution in [0.3, 0.4) is 0 Å². The second-order valence-corrected chi connectivity index (χ2v) is 4.53. The number of cyclic esters (lactones) is 1. The van der Waals surface area contributed by atoms with Crippen molar-refractivity contribution in [1.82, 2.24) is 0 Å². The Kier molecular flexibility index (Phi) is 2.82. The molecule has 16 heavy (non-hydrogen) atoms. The van der Waals surface area contributed by atoms with Gasteiger partial charge in [0.05, 0.1) is 5.56 Å². The second-order valence-electron chi connectivity index (χ2n) is 3.61. The highest BCUT2D eigenvalue weighted by atomic mass is 79.9. The Bertz CT molecular complexity index is 469. The molecule has 0 radical (unpaired) electrons. The van der Waals surface area contributed by atoms with Crippen LogP contribution in [0.1, 0.15) is 28.9 Å². The number of benzene rings is 1. The maximum Gasteiger partial charge on any atom is 0.339 e. The molecule has 84 valence electrons. The normalized spacial score (nSPS) is 23.6. The molecule has 0 spiro atoms. The molecule has 2 atom stereocenters. The fraction of sp³-hybridized carbons (Fsp3) is 0.273. The van der Waals surface area contributed by atoms with Crippen LogP contribution in [-0.2, 0) is 9.53 Å². The number of carbonyl (C=O) groups is 2. The van der Waals surface area contributed by atoms with Gasteiger partial charge in [0, 0.05) is 4.47 Å². The van der Waals surface area contributed by atoms with E-state index >= 15 is 0 Å². The number of aliphatic hydroxyl groups excluding tert-OH is 1. The standard InChI is InChI=1S/C11H9BrO4/c1-5(13)10-9(14)7-3-2-6(12)4-8(7)11(15)16-10/h2-4,9-10,14H,1H3/t9-,10+/m1/s1. The van der Waals surface area contributed by atoms with Crippen molar-refractivity contribution in [3.63, 3.8) is 0 Å². The Morgan fingerprint density at radius 1 is 1.50 bits per heavy atom. The lowest BCUT2D eigenvalue weighted by atomic mass is 9.94. The zero-order chi connectivity index (χ0) is 11.9. The number of esters is 1. The third kappa shape index (κ3) is 1.76. The number of ketones is 1. The molecule has 0 saturated carbocycles. The predicted octanol–water partition coefficient (Wildman–Crippen LogP) is 1.61. The van der Waals surface area contributed by atoms with Gasteiger partial charge in [-0.15, -0.1) is 0 Å². The summed E-state index contributed by atoms with van der Waals surface area (Å²) in [7, 11) is 0. The summed E-state index contributed by atoms with van der Waals surface area (Å²) in [4.78, 5) is 22.8. The van der Waals surface area contributed by atoms with Crippen LogP contribution in [0.4, 0.5) is 0 Å². The fourth-order valence-corrected chi connectivity index (χ4v) is 2.04. The quantitative estimate of drug-likeness (QED) is 0.796. The van der Waals surface area contributed by atoms with E-state index in [0.29, 0.717) is 11.1 Å². The minimum absolute atomic E-state index is 0.291. The maximum absolute atomic E-state index is 11.6. The lowest BCUT2D eigenvalue weighted by molar-refractivity contribution is -0.132. The summed E-state index contributed by atoms with van der Waals surface area (Å²) in [5.41, 5.74) is 0.721. The lowest BCUT2D eigenvalue weighted by Crippen LogP contribution is -2.37. The number of Topliss-reactive ketones (excluding diaryl/α,β-unsaturated/α-hetero) is 1. The fourth-order valence-electron chi connectivity index (χ4n) is 1.67. The van der Waals surface area contributed by atoms with Crippen molar-refractivity contribution in [3.05, 3.63) is 33.8 Å². The van der Waals surface area contributed by atoms with E-state index < -0.39 is 18.2 Å². The molecular formula is C11H9BrO4. The number of ether oxygens (including phenoxy) is 1. The minimum Gasteiger partial charge on any atom is -0.448 e. The first-order valence-corrected chi connectivity index (χ1v) is 5.49. The summed E-state index contributed by atoms with van der Waals surface area (Å²) in [6.07, 6.45) is -2.18. The molecule has 1 heterocycles. The average molecular weight is 285 g/mol. The highest BCUT2D eigenvalue weighted by Crippen LogP contribution is 2.31. The molecule has 5 heteroatoms. The second kappa shape index (κ2) is 3.99. The summed E-state index contributed by atoms with van der Waals surface area (Å²) in [5, 5.41) is 9.89. The predicted molar refractivity (Wildman–Crippen MR) is 59.0 cm³/mol. The van der Waals surface area contributed by atoms with Crippen LogP contribution in [-0.4, -0.2) is 23.0 Å². The molecule has 4 nitrogen and oxygen atoms in total. The first kappa shape index (κ1) is 11.3. The van der Waals surface area contributed by atoms with Crippen molar-refractivity contribution < 1.29 is 19.4 Å². The Morgan fingerprint density at radius 3 is 2.81 bits per heavy atom. The van der Waals surface area contributed by atoms with E-state index in [-0.39, 0.29) is 5.78 Å². The third-order valence-corrected chi connectivity index (χ3v) is 2.97. The lowest BCUT2D eigenvalue weighted by Gasteiger charge is -2.27. The summed E-state index contributed by atoms with van der Waals surface area (Å²) in [6, 6.07) is 4.88. The molecular weight excluding hydrogens is 276 g/mol. The molecule has 1 aliphatic rings. The minimum atomic E-state index is -1.10. The molecule has 0 aromatic heterocycles.